The average Bonchev–Trinajstić information content (AvgIpc) is 2.99. The Bertz CT molecular complexity index is 821. The summed E-state index contributed by atoms with van der Waals surface area (Å²) in [6.45, 7) is 0. The predicted octanol–water partition coefficient (Wildman–Crippen LogP) is 4.35. The van der Waals surface area contributed by atoms with Crippen molar-refractivity contribution in [3.05, 3.63) is 70.6 Å². The van der Waals surface area contributed by atoms with Gasteiger partial charge in [0.1, 0.15) is 0 Å². The van der Waals surface area contributed by atoms with Gasteiger partial charge in [-0.25, -0.2) is 4.98 Å². The Labute approximate surface area is 133 Å². The van der Waals surface area contributed by atoms with Crippen molar-refractivity contribution >= 4 is 22.7 Å². The van der Waals surface area contributed by atoms with E-state index in [1.54, 1.807) is 11.3 Å². The average molecular weight is 305 g/mol. The maximum Gasteiger partial charge on any atom is 0.204 e. The van der Waals surface area contributed by atoms with Gasteiger partial charge in [-0.2, -0.15) is 5.10 Å². The van der Waals surface area contributed by atoms with E-state index in [9.17, 15) is 0 Å². The minimum Gasteiger partial charge on any atom is -0.253 e. The largest absolute Gasteiger partial charge is 0.253 e. The van der Waals surface area contributed by atoms with E-state index in [0.29, 0.717) is 0 Å². The lowest BCUT2D eigenvalue weighted by Gasteiger charge is -2.13. The van der Waals surface area contributed by atoms with Crippen molar-refractivity contribution in [1.29, 1.82) is 0 Å². The van der Waals surface area contributed by atoms with Crippen molar-refractivity contribution < 1.29 is 0 Å². The molecule has 1 N–H and O–H groups in total. The van der Waals surface area contributed by atoms with Gasteiger partial charge in [0.15, 0.2) is 0 Å². The van der Waals surface area contributed by atoms with Crippen LogP contribution in [0.3, 0.4) is 0 Å². The fourth-order valence-corrected chi connectivity index (χ4v) is 3.62. The summed E-state index contributed by atoms with van der Waals surface area (Å²) in [6, 6.07) is 18.6. The first kappa shape index (κ1) is 13.2. The number of hydrazone groups is 1. The minimum absolute atomic E-state index is 0.855. The summed E-state index contributed by atoms with van der Waals surface area (Å²) in [4.78, 5) is 6.06. The zero-order chi connectivity index (χ0) is 14.8. The molecule has 0 unspecified atom stereocenters. The van der Waals surface area contributed by atoms with Crippen LogP contribution < -0.4 is 5.43 Å². The Balaban J connectivity index is 1.56. The zero-order valence-corrected chi connectivity index (χ0v) is 12.8. The predicted molar refractivity (Wildman–Crippen MR) is 92.6 cm³/mol. The third kappa shape index (κ3) is 2.53. The minimum atomic E-state index is 0.855. The van der Waals surface area contributed by atoms with Crippen molar-refractivity contribution in [2.75, 3.05) is 5.43 Å². The molecule has 22 heavy (non-hydrogen) atoms. The van der Waals surface area contributed by atoms with E-state index in [1.165, 1.54) is 16.0 Å². The Morgan fingerprint density at radius 3 is 2.73 bits per heavy atom. The fraction of sp³-hybridized carbons (Fsp3) is 0.111. The van der Waals surface area contributed by atoms with Crippen LogP contribution in [0.25, 0.3) is 11.3 Å². The molecule has 0 saturated carbocycles. The number of thiazole rings is 1. The number of nitrogens with one attached hydrogen (secondary N) is 1. The van der Waals surface area contributed by atoms with Gasteiger partial charge < -0.3 is 0 Å². The molecule has 3 nitrogen and oxygen atoms in total. The van der Waals surface area contributed by atoms with Gasteiger partial charge in [-0.1, -0.05) is 65.9 Å². The highest BCUT2D eigenvalue weighted by molar-refractivity contribution is 7.16. The molecule has 0 fully saturated rings. The van der Waals surface area contributed by atoms with Crippen LogP contribution in [0.15, 0.2) is 59.7 Å². The summed E-state index contributed by atoms with van der Waals surface area (Å²) in [5.74, 6) is 0. The maximum absolute atomic E-state index is 4.72. The Hall–Kier alpha value is -2.46. The third-order valence-electron chi connectivity index (χ3n) is 3.76. The first-order valence-corrected chi connectivity index (χ1v) is 8.14. The summed E-state index contributed by atoms with van der Waals surface area (Å²) < 4.78 is 0. The molecule has 1 aliphatic carbocycles. The maximum atomic E-state index is 4.72. The summed E-state index contributed by atoms with van der Waals surface area (Å²) in [6.07, 6.45) is 3.97. The number of benzene rings is 2. The number of anilines is 1. The van der Waals surface area contributed by atoms with Crippen molar-refractivity contribution in [2.24, 2.45) is 5.10 Å². The van der Waals surface area contributed by atoms with Gasteiger partial charge in [0.2, 0.25) is 5.13 Å². The highest BCUT2D eigenvalue weighted by atomic mass is 32.1. The van der Waals surface area contributed by atoms with Crippen LogP contribution in [-0.4, -0.2) is 11.2 Å². The van der Waals surface area contributed by atoms with Crippen molar-refractivity contribution in [3.63, 3.8) is 0 Å². The van der Waals surface area contributed by atoms with Crippen molar-refractivity contribution in [3.8, 4) is 11.3 Å². The molecule has 108 valence electrons. The van der Waals surface area contributed by atoms with Crippen LogP contribution in [0, 0.1) is 0 Å². The molecule has 3 aromatic rings. The molecular weight excluding hydrogens is 290 g/mol. The molecule has 4 rings (SSSR count). The fourth-order valence-electron chi connectivity index (χ4n) is 2.70. The summed E-state index contributed by atoms with van der Waals surface area (Å²) >= 11 is 1.70. The number of aryl methyl sites for hydroxylation is 2. The molecule has 1 aromatic heterocycles. The van der Waals surface area contributed by atoms with Gasteiger partial charge in [-0.05, 0) is 24.0 Å². The van der Waals surface area contributed by atoms with Gasteiger partial charge in [0.25, 0.3) is 0 Å². The second-order valence-corrected chi connectivity index (χ2v) is 6.31. The molecule has 0 bridgehead atoms. The van der Waals surface area contributed by atoms with E-state index in [0.717, 1.165) is 29.2 Å². The number of hydrogen-bond acceptors (Lipinski definition) is 4. The topological polar surface area (TPSA) is 37.3 Å². The van der Waals surface area contributed by atoms with Crippen LogP contribution in [-0.2, 0) is 12.8 Å². The Kier molecular flexibility index (Phi) is 3.45. The molecule has 0 radical (unpaired) electrons. The Morgan fingerprint density at radius 2 is 1.82 bits per heavy atom. The van der Waals surface area contributed by atoms with E-state index in [4.69, 9.17) is 4.98 Å². The first-order chi connectivity index (χ1) is 10.9. The highest BCUT2D eigenvalue weighted by Gasteiger charge is 2.20. The van der Waals surface area contributed by atoms with E-state index >= 15 is 0 Å². The highest BCUT2D eigenvalue weighted by Crippen LogP contribution is 2.37. The van der Waals surface area contributed by atoms with Crippen molar-refractivity contribution in [1.82, 2.24) is 4.98 Å². The molecule has 0 aliphatic heterocycles. The third-order valence-corrected chi connectivity index (χ3v) is 4.78. The van der Waals surface area contributed by atoms with E-state index in [-0.39, 0.29) is 0 Å². The quantitative estimate of drug-likeness (QED) is 0.577. The molecule has 1 heterocycles. The van der Waals surface area contributed by atoms with Gasteiger partial charge in [0.05, 0.1) is 11.9 Å². The van der Waals surface area contributed by atoms with E-state index in [2.05, 4.69) is 34.8 Å². The first-order valence-electron chi connectivity index (χ1n) is 7.32. The van der Waals surface area contributed by atoms with E-state index in [1.807, 2.05) is 36.5 Å². The van der Waals surface area contributed by atoms with Crippen LogP contribution in [0.1, 0.15) is 16.0 Å². The standard InChI is InChI=1S/C18H15N3S/c1-2-6-13(7-3-1)12-19-21-18-20-17-15-9-5-4-8-14(15)10-11-16(17)22-18/h1-9,12H,10-11H2,(H,20,21)/b19-12+. The number of rotatable bonds is 3. The van der Waals surface area contributed by atoms with Gasteiger partial charge in [-0.3, -0.25) is 5.43 Å². The molecule has 2 aromatic carbocycles. The zero-order valence-electron chi connectivity index (χ0n) is 12.0. The lowest BCUT2D eigenvalue weighted by molar-refractivity contribution is 0.955. The van der Waals surface area contributed by atoms with Crippen LogP contribution in [0.5, 0.6) is 0 Å². The smallest absolute Gasteiger partial charge is 0.204 e. The number of aromatic nitrogens is 1. The summed E-state index contributed by atoms with van der Waals surface area (Å²) in [7, 11) is 0. The lowest BCUT2D eigenvalue weighted by Crippen LogP contribution is -2.01. The molecule has 4 heteroatoms. The second-order valence-electron chi connectivity index (χ2n) is 5.23. The van der Waals surface area contributed by atoms with Crippen molar-refractivity contribution in [2.45, 2.75) is 12.8 Å². The number of fused-ring (bicyclic) bond motifs is 3. The molecule has 1 aliphatic rings. The van der Waals surface area contributed by atoms with Gasteiger partial charge in [-0.15, -0.1) is 0 Å². The SMILES string of the molecule is C(=N\Nc1nc2c(s1)CCc1ccccc1-2)/c1ccccc1. The Morgan fingerprint density at radius 1 is 1.00 bits per heavy atom. The molecule has 0 amide bonds. The van der Waals surface area contributed by atoms with E-state index < -0.39 is 0 Å². The molecule has 0 atom stereocenters. The normalized spacial score (nSPS) is 12.9. The van der Waals surface area contributed by atoms with Crippen LogP contribution in [0.2, 0.25) is 0 Å². The number of nitrogens with zero attached hydrogens (tertiary/aromatic N) is 2. The van der Waals surface area contributed by atoms with Crippen LogP contribution in [0.4, 0.5) is 5.13 Å². The summed E-state index contributed by atoms with van der Waals surface area (Å²) in [5.41, 5.74) is 7.90. The molecular formula is C18H15N3S. The van der Waals surface area contributed by atoms with Gasteiger partial charge in [0, 0.05) is 10.4 Å². The second kappa shape index (κ2) is 5.73. The molecule has 0 spiro atoms. The molecule has 0 saturated heterocycles. The summed E-state index contributed by atoms with van der Waals surface area (Å²) in [5, 5.41) is 5.14. The number of hydrogen-bond donors (Lipinski definition) is 1. The van der Waals surface area contributed by atoms with Gasteiger partial charge >= 0.3 is 0 Å². The monoisotopic (exact) mass is 305 g/mol. The lowest BCUT2D eigenvalue weighted by atomic mass is 9.94. The van der Waals surface area contributed by atoms with Crippen LogP contribution >= 0.6 is 11.3 Å².